The van der Waals surface area contributed by atoms with Crippen LogP contribution in [0.2, 0.25) is 0 Å². The van der Waals surface area contributed by atoms with Crippen molar-refractivity contribution in [3.05, 3.63) is 24.0 Å². The molecule has 1 heterocycles. The summed E-state index contributed by atoms with van der Waals surface area (Å²) in [5.74, 6) is -0.938. The van der Waals surface area contributed by atoms with Crippen molar-refractivity contribution in [2.45, 2.75) is 32.2 Å². The van der Waals surface area contributed by atoms with Gasteiger partial charge in [-0.2, -0.15) is 5.26 Å². The molecule has 0 aliphatic rings. The lowest BCUT2D eigenvalue weighted by molar-refractivity contribution is -0.141. The minimum absolute atomic E-state index is 0.392. The Kier molecular flexibility index (Phi) is 4.05. The largest absolute Gasteiger partial charge is 0.480 e. The topological polar surface area (TPSA) is 86.0 Å². The minimum Gasteiger partial charge on any atom is -0.480 e. The molecule has 5 heteroatoms. The van der Waals surface area contributed by atoms with Crippen LogP contribution in [-0.4, -0.2) is 21.6 Å². The average Bonchev–Trinajstić information content (AvgIpc) is 2.30. The number of anilines is 1. The molecule has 0 saturated carbocycles. The molecule has 1 aromatic rings. The Balaban J connectivity index is 3.02. The Bertz CT molecular complexity index is 453. The highest BCUT2D eigenvalue weighted by molar-refractivity contribution is 5.82. The first kappa shape index (κ1) is 13.0. The summed E-state index contributed by atoms with van der Waals surface area (Å²) in [5.41, 5.74) is -0.236. The number of carboxylic acids is 1. The summed E-state index contributed by atoms with van der Waals surface area (Å²) in [4.78, 5) is 15.1. The molecule has 2 N–H and O–H groups in total. The SMILES string of the molecule is CCCC(C)(Nc1cnccc1C#N)C(=O)O. The Labute approximate surface area is 100 Å². The number of carbonyl (C=O) groups is 1. The van der Waals surface area contributed by atoms with Gasteiger partial charge in [0, 0.05) is 6.20 Å². The van der Waals surface area contributed by atoms with Crippen LogP contribution in [0.5, 0.6) is 0 Å². The summed E-state index contributed by atoms with van der Waals surface area (Å²) < 4.78 is 0. The maximum Gasteiger partial charge on any atom is 0.329 e. The van der Waals surface area contributed by atoms with E-state index in [2.05, 4.69) is 10.3 Å². The molecule has 0 aliphatic carbocycles. The lowest BCUT2D eigenvalue weighted by Crippen LogP contribution is -2.43. The predicted molar refractivity (Wildman–Crippen MR) is 63.5 cm³/mol. The quantitative estimate of drug-likeness (QED) is 0.812. The van der Waals surface area contributed by atoms with Crippen LogP contribution in [0.25, 0.3) is 0 Å². The molecule has 1 aromatic heterocycles. The Hall–Kier alpha value is -2.09. The van der Waals surface area contributed by atoms with Crippen LogP contribution in [0, 0.1) is 11.3 Å². The summed E-state index contributed by atoms with van der Waals surface area (Å²) in [6.07, 6.45) is 4.18. The number of hydrogen-bond acceptors (Lipinski definition) is 4. The molecule has 0 aliphatic heterocycles. The maximum absolute atomic E-state index is 11.2. The van der Waals surface area contributed by atoms with Gasteiger partial charge >= 0.3 is 5.97 Å². The van der Waals surface area contributed by atoms with Gasteiger partial charge in [-0.05, 0) is 19.4 Å². The molecule has 0 fully saturated rings. The van der Waals surface area contributed by atoms with Crippen LogP contribution < -0.4 is 5.32 Å². The predicted octanol–water partition coefficient (Wildman–Crippen LogP) is 2.01. The van der Waals surface area contributed by atoms with Gasteiger partial charge in [0.1, 0.15) is 11.6 Å². The van der Waals surface area contributed by atoms with E-state index < -0.39 is 11.5 Å². The summed E-state index contributed by atoms with van der Waals surface area (Å²) in [7, 11) is 0. The maximum atomic E-state index is 11.2. The van der Waals surface area contributed by atoms with Gasteiger partial charge in [0.25, 0.3) is 0 Å². The second kappa shape index (κ2) is 5.30. The zero-order valence-electron chi connectivity index (χ0n) is 9.90. The molecule has 0 radical (unpaired) electrons. The van der Waals surface area contributed by atoms with E-state index in [4.69, 9.17) is 5.26 Å². The third-order valence-electron chi connectivity index (χ3n) is 2.57. The fourth-order valence-corrected chi connectivity index (χ4v) is 1.61. The van der Waals surface area contributed by atoms with Gasteiger partial charge in [-0.1, -0.05) is 13.3 Å². The van der Waals surface area contributed by atoms with E-state index in [0.717, 1.165) is 6.42 Å². The van der Waals surface area contributed by atoms with Gasteiger partial charge in [0.05, 0.1) is 17.4 Å². The van der Waals surface area contributed by atoms with Gasteiger partial charge in [-0.15, -0.1) is 0 Å². The van der Waals surface area contributed by atoms with Crippen molar-refractivity contribution in [1.82, 2.24) is 4.98 Å². The van der Waals surface area contributed by atoms with Crippen molar-refractivity contribution in [3.8, 4) is 6.07 Å². The highest BCUT2D eigenvalue weighted by Gasteiger charge is 2.32. The molecular weight excluding hydrogens is 218 g/mol. The van der Waals surface area contributed by atoms with E-state index in [9.17, 15) is 9.90 Å². The summed E-state index contributed by atoms with van der Waals surface area (Å²) >= 11 is 0. The number of nitrogens with zero attached hydrogens (tertiary/aromatic N) is 2. The van der Waals surface area contributed by atoms with Crippen LogP contribution in [0.15, 0.2) is 18.5 Å². The Morgan fingerprint density at radius 3 is 2.94 bits per heavy atom. The second-order valence-corrected chi connectivity index (χ2v) is 4.05. The molecule has 1 atom stereocenters. The first-order valence-corrected chi connectivity index (χ1v) is 5.39. The van der Waals surface area contributed by atoms with E-state index in [-0.39, 0.29) is 0 Å². The zero-order chi connectivity index (χ0) is 12.9. The molecule has 0 saturated heterocycles. The normalized spacial score (nSPS) is 13.5. The van der Waals surface area contributed by atoms with E-state index in [0.29, 0.717) is 17.7 Å². The van der Waals surface area contributed by atoms with Crippen molar-refractivity contribution in [2.75, 3.05) is 5.32 Å². The molecule has 90 valence electrons. The number of carboxylic acid groups (broad SMARTS) is 1. The van der Waals surface area contributed by atoms with Gasteiger partial charge in [0.2, 0.25) is 0 Å². The number of rotatable bonds is 5. The summed E-state index contributed by atoms with van der Waals surface area (Å²) in [5, 5.41) is 21.0. The van der Waals surface area contributed by atoms with Crippen molar-refractivity contribution in [3.63, 3.8) is 0 Å². The molecule has 0 bridgehead atoms. The fourth-order valence-electron chi connectivity index (χ4n) is 1.61. The summed E-state index contributed by atoms with van der Waals surface area (Å²) in [6, 6.07) is 3.56. The Morgan fingerprint density at radius 1 is 1.71 bits per heavy atom. The highest BCUT2D eigenvalue weighted by Crippen LogP contribution is 2.22. The second-order valence-electron chi connectivity index (χ2n) is 4.05. The molecule has 17 heavy (non-hydrogen) atoms. The van der Waals surface area contributed by atoms with E-state index in [1.807, 2.05) is 13.0 Å². The minimum atomic E-state index is -1.08. The zero-order valence-corrected chi connectivity index (χ0v) is 9.90. The van der Waals surface area contributed by atoms with Gasteiger partial charge in [-0.25, -0.2) is 4.79 Å². The van der Waals surface area contributed by atoms with Gasteiger partial charge < -0.3 is 10.4 Å². The van der Waals surface area contributed by atoms with Gasteiger partial charge in [0.15, 0.2) is 0 Å². The van der Waals surface area contributed by atoms with E-state index in [1.54, 1.807) is 13.0 Å². The van der Waals surface area contributed by atoms with Crippen LogP contribution in [-0.2, 0) is 4.79 Å². The molecule has 0 amide bonds. The number of nitriles is 1. The van der Waals surface area contributed by atoms with Crippen LogP contribution in [0.3, 0.4) is 0 Å². The number of hydrogen-bond donors (Lipinski definition) is 2. The standard InChI is InChI=1S/C12H15N3O2/c1-3-5-12(2,11(16)17)15-10-8-14-6-4-9(10)7-13/h4,6,8,15H,3,5H2,1-2H3,(H,16,17). The molecule has 0 aromatic carbocycles. The van der Waals surface area contributed by atoms with Crippen molar-refractivity contribution in [2.24, 2.45) is 0 Å². The van der Waals surface area contributed by atoms with Gasteiger partial charge in [-0.3, -0.25) is 4.98 Å². The smallest absolute Gasteiger partial charge is 0.329 e. The Morgan fingerprint density at radius 2 is 2.41 bits per heavy atom. The first-order valence-electron chi connectivity index (χ1n) is 5.39. The van der Waals surface area contributed by atoms with Crippen molar-refractivity contribution in [1.29, 1.82) is 5.26 Å². The lowest BCUT2D eigenvalue weighted by atomic mass is 9.95. The molecule has 1 rings (SSSR count). The molecular formula is C12H15N3O2. The van der Waals surface area contributed by atoms with E-state index in [1.165, 1.54) is 12.4 Å². The molecule has 0 spiro atoms. The highest BCUT2D eigenvalue weighted by atomic mass is 16.4. The number of nitrogens with one attached hydrogen (secondary N) is 1. The number of aromatic nitrogens is 1. The third-order valence-corrected chi connectivity index (χ3v) is 2.57. The molecule has 1 unspecified atom stereocenters. The first-order chi connectivity index (χ1) is 8.03. The monoisotopic (exact) mass is 233 g/mol. The van der Waals surface area contributed by atoms with Crippen molar-refractivity contribution >= 4 is 11.7 Å². The van der Waals surface area contributed by atoms with Crippen LogP contribution >= 0.6 is 0 Å². The fraction of sp³-hybridized carbons (Fsp3) is 0.417. The van der Waals surface area contributed by atoms with E-state index >= 15 is 0 Å². The number of aliphatic carboxylic acids is 1. The number of pyridine rings is 1. The lowest BCUT2D eigenvalue weighted by Gasteiger charge is -2.27. The van der Waals surface area contributed by atoms with Crippen LogP contribution in [0.4, 0.5) is 5.69 Å². The van der Waals surface area contributed by atoms with Crippen LogP contribution in [0.1, 0.15) is 32.3 Å². The third kappa shape index (κ3) is 2.94. The summed E-state index contributed by atoms with van der Waals surface area (Å²) in [6.45, 7) is 3.52. The molecule has 5 nitrogen and oxygen atoms in total. The average molecular weight is 233 g/mol. The van der Waals surface area contributed by atoms with Crippen molar-refractivity contribution < 1.29 is 9.90 Å².